The van der Waals surface area contributed by atoms with Gasteiger partial charge in [-0.3, -0.25) is 4.79 Å². The summed E-state index contributed by atoms with van der Waals surface area (Å²) in [6, 6.07) is 12.7. The molecule has 3 aromatic rings. The molecular weight excluding hydrogens is 322 g/mol. The Labute approximate surface area is 144 Å². The van der Waals surface area contributed by atoms with Crippen molar-refractivity contribution in [2.24, 2.45) is 0 Å². The zero-order valence-corrected chi connectivity index (χ0v) is 14.4. The summed E-state index contributed by atoms with van der Waals surface area (Å²) < 4.78 is 5.40. The topological polar surface area (TPSA) is 62.5 Å². The molecule has 24 heavy (non-hydrogen) atoms. The number of aliphatic hydroxyl groups is 1. The van der Waals surface area contributed by atoms with Crippen molar-refractivity contribution < 1.29 is 14.3 Å². The van der Waals surface area contributed by atoms with Crippen molar-refractivity contribution in [1.29, 1.82) is 0 Å². The number of carbonyl (C=O) groups is 1. The first-order chi connectivity index (χ1) is 11.5. The van der Waals surface area contributed by atoms with Crippen LogP contribution in [0, 0.1) is 13.8 Å². The normalized spacial score (nSPS) is 13.5. The third-order valence-electron chi connectivity index (χ3n) is 4.13. The van der Waals surface area contributed by atoms with Gasteiger partial charge in [0.1, 0.15) is 5.76 Å². The van der Waals surface area contributed by atoms with Gasteiger partial charge in [0.2, 0.25) is 0 Å². The SMILES string of the molecule is Cc1ccc(C(=O)NCC(O)(c2ccco2)c2cccs2)cc1C. The van der Waals surface area contributed by atoms with Crippen LogP contribution in [0.15, 0.2) is 58.5 Å². The Morgan fingerprint density at radius 2 is 2.04 bits per heavy atom. The number of thiophene rings is 1. The lowest BCUT2D eigenvalue weighted by Gasteiger charge is -2.25. The van der Waals surface area contributed by atoms with Crippen LogP contribution in [0.1, 0.15) is 32.1 Å². The lowest BCUT2D eigenvalue weighted by atomic mass is 9.98. The molecule has 1 unspecified atom stereocenters. The molecule has 0 bridgehead atoms. The second kappa shape index (κ2) is 6.63. The highest BCUT2D eigenvalue weighted by Gasteiger charge is 2.36. The third-order valence-corrected chi connectivity index (χ3v) is 5.15. The molecule has 0 saturated carbocycles. The van der Waals surface area contributed by atoms with Gasteiger partial charge in [-0.15, -0.1) is 11.3 Å². The van der Waals surface area contributed by atoms with Crippen LogP contribution >= 0.6 is 11.3 Å². The molecule has 2 N–H and O–H groups in total. The minimum atomic E-state index is -1.38. The highest BCUT2D eigenvalue weighted by molar-refractivity contribution is 7.10. The van der Waals surface area contributed by atoms with E-state index in [1.165, 1.54) is 17.6 Å². The summed E-state index contributed by atoms with van der Waals surface area (Å²) in [5.74, 6) is 0.185. The summed E-state index contributed by atoms with van der Waals surface area (Å²) in [6.45, 7) is 4.01. The number of benzene rings is 1. The number of aryl methyl sites for hydroxylation is 2. The zero-order chi connectivity index (χ0) is 17.2. The third kappa shape index (κ3) is 3.13. The number of hydrogen-bond acceptors (Lipinski definition) is 4. The van der Waals surface area contributed by atoms with E-state index in [-0.39, 0.29) is 12.5 Å². The van der Waals surface area contributed by atoms with Gasteiger partial charge in [-0.25, -0.2) is 0 Å². The molecule has 3 rings (SSSR count). The lowest BCUT2D eigenvalue weighted by molar-refractivity contribution is 0.0554. The fraction of sp³-hybridized carbons (Fsp3) is 0.211. The van der Waals surface area contributed by atoms with Gasteiger partial charge in [-0.05, 0) is 60.7 Å². The first-order valence-electron chi connectivity index (χ1n) is 7.66. The van der Waals surface area contributed by atoms with E-state index < -0.39 is 5.60 Å². The van der Waals surface area contributed by atoms with E-state index >= 15 is 0 Å². The van der Waals surface area contributed by atoms with Crippen LogP contribution in [0.25, 0.3) is 0 Å². The smallest absolute Gasteiger partial charge is 0.251 e. The molecule has 124 valence electrons. The first kappa shape index (κ1) is 16.5. The van der Waals surface area contributed by atoms with Gasteiger partial charge in [-0.2, -0.15) is 0 Å². The molecule has 1 atom stereocenters. The molecule has 0 fully saturated rings. The van der Waals surface area contributed by atoms with Crippen LogP contribution in [-0.2, 0) is 5.60 Å². The Balaban J connectivity index is 1.82. The van der Waals surface area contributed by atoms with E-state index in [4.69, 9.17) is 4.42 Å². The number of nitrogens with one attached hydrogen (secondary N) is 1. The monoisotopic (exact) mass is 341 g/mol. The molecule has 0 saturated heterocycles. The van der Waals surface area contributed by atoms with Gasteiger partial charge in [0.15, 0.2) is 5.60 Å². The average molecular weight is 341 g/mol. The Kier molecular flexibility index (Phi) is 4.55. The Morgan fingerprint density at radius 3 is 2.67 bits per heavy atom. The molecule has 0 spiro atoms. The fourth-order valence-corrected chi connectivity index (χ4v) is 3.34. The maximum absolute atomic E-state index is 12.4. The van der Waals surface area contributed by atoms with E-state index in [0.29, 0.717) is 11.3 Å². The molecular formula is C19H19NO3S. The number of hydrogen-bond donors (Lipinski definition) is 2. The molecule has 2 heterocycles. The van der Waals surface area contributed by atoms with E-state index in [9.17, 15) is 9.90 Å². The van der Waals surface area contributed by atoms with Crippen LogP contribution < -0.4 is 5.32 Å². The molecule has 0 aliphatic rings. The predicted octanol–water partition coefficient (Wildman–Crippen LogP) is 3.62. The maximum atomic E-state index is 12.4. The Hall–Kier alpha value is -2.37. The van der Waals surface area contributed by atoms with E-state index in [1.54, 1.807) is 18.2 Å². The molecule has 0 aliphatic heterocycles. The highest BCUT2D eigenvalue weighted by Crippen LogP contribution is 2.32. The van der Waals surface area contributed by atoms with Crippen LogP contribution in [0.3, 0.4) is 0 Å². The summed E-state index contributed by atoms with van der Waals surface area (Å²) in [5.41, 5.74) is 1.39. The van der Waals surface area contributed by atoms with Crippen LogP contribution in [0.2, 0.25) is 0 Å². The molecule has 2 aromatic heterocycles. The van der Waals surface area contributed by atoms with Gasteiger partial charge in [-0.1, -0.05) is 12.1 Å². The van der Waals surface area contributed by atoms with Gasteiger partial charge in [0.25, 0.3) is 5.91 Å². The first-order valence-corrected chi connectivity index (χ1v) is 8.54. The standard InChI is InChI=1S/C19H19NO3S/c1-13-7-8-15(11-14(13)2)18(21)20-12-19(22,16-5-3-9-23-16)17-6-4-10-24-17/h3-11,22H,12H2,1-2H3,(H,20,21). The van der Waals surface area contributed by atoms with Gasteiger partial charge >= 0.3 is 0 Å². The quantitative estimate of drug-likeness (QED) is 0.745. The van der Waals surface area contributed by atoms with Crippen molar-refractivity contribution in [3.8, 4) is 0 Å². The van der Waals surface area contributed by atoms with E-state index in [0.717, 1.165) is 16.0 Å². The maximum Gasteiger partial charge on any atom is 0.251 e. The number of furan rings is 1. The summed E-state index contributed by atoms with van der Waals surface area (Å²) in [4.78, 5) is 13.2. The molecule has 0 aliphatic carbocycles. The molecule has 1 aromatic carbocycles. The minimum Gasteiger partial charge on any atom is -0.466 e. The van der Waals surface area contributed by atoms with Gasteiger partial charge < -0.3 is 14.8 Å². The van der Waals surface area contributed by atoms with E-state index in [1.807, 2.05) is 43.5 Å². The van der Waals surface area contributed by atoms with Crippen molar-refractivity contribution in [2.75, 3.05) is 6.54 Å². The molecule has 1 amide bonds. The van der Waals surface area contributed by atoms with Crippen molar-refractivity contribution in [2.45, 2.75) is 19.4 Å². The summed E-state index contributed by atoms with van der Waals surface area (Å²) in [7, 11) is 0. The number of carbonyl (C=O) groups excluding carboxylic acids is 1. The van der Waals surface area contributed by atoms with Crippen molar-refractivity contribution in [1.82, 2.24) is 5.32 Å². The van der Waals surface area contributed by atoms with Crippen molar-refractivity contribution in [3.63, 3.8) is 0 Å². The molecule has 5 heteroatoms. The number of amides is 1. The van der Waals surface area contributed by atoms with Crippen molar-refractivity contribution >= 4 is 17.2 Å². The van der Waals surface area contributed by atoms with Crippen molar-refractivity contribution in [3.05, 3.63) is 81.4 Å². The number of rotatable bonds is 5. The van der Waals surface area contributed by atoms with Crippen LogP contribution in [-0.4, -0.2) is 17.6 Å². The second-order valence-corrected chi connectivity index (χ2v) is 6.74. The lowest BCUT2D eigenvalue weighted by Crippen LogP contribution is -2.41. The largest absolute Gasteiger partial charge is 0.466 e. The predicted molar refractivity (Wildman–Crippen MR) is 94.3 cm³/mol. The second-order valence-electron chi connectivity index (χ2n) is 5.80. The fourth-order valence-electron chi connectivity index (χ4n) is 2.52. The van der Waals surface area contributed by atoms with Gasteiger partial charge in [0.05, 0.1) is 12.8 Å². The Morgan fingerprint density at radius 1 is 1.21 bits per heavy atom. The average Bonchev–Trinajstić information content (AvgIpc) is 3.28. The summed E-state index contributed by atoms with van der Waals surface area (Å²) in [6.07, 6.45) is 1.51. The molecule has 4 nitrogen and oxygen atoms in total. The van der Waals surface area contributed by atoms with Gasteiger partial charge in [0, 0.05) is 10.4 Å². The molecule has 0 radical (unpaired) electrons. The van der Waals surface area contributed by atoms with E-state index in [2.05, 4.69) is 5.32 Å². The van der Waals surface area contributed by atoms with Crippen LogP contribution in [0.5, 0.6) is 0 Å². The summed E-state index contributed by atoms with van der Waals surface area (Å²) in [5, 5.41) is 15.8. The zero-order valence-electron chi connectivity index (χ0n) is 13.6. The minimum absolute atomic E-state index is 0.0345. The van der Waals surface area contributed by atoms with Crippen LogP contribution in [0.4, 0.5) is 0 Å². The summed E-state index contributed by atoms with van der Waals surface area (Å²) >= 11 is 1.42. The Bertz CT molecular complexity index is 788. The highest BCUT2D eigenvalue weighted by atomic mass is 32.1.